The van der Waals surface area contributed by atoms with Gasteiger partial charge in [-0.2, -0.15) is 0 Å². The van der Waals surface area contributed by atoms with Gasteiger partial charge in [-0.1, -0.05) is 0 Å². The molecule has 0 radical (unpaired) electrons. The van der Waals surface area contributed by atoms with Crippen molar-refractivity contribution < 1.29 is 18.7 Å². The van der Waals surface area contributed by atoms with Crippen LogP contribution in [-0.4, -0.2) is 17.1 Å². The summed E-state index contributed by atoms with van der Waals surface area (Å²) in [5, 5.41) is 12.7. The highest BCUT2D eigenvalue weighted by atomic mass is 79.9. The van der Waals surface area contributed by atoms with Crippen LogP contribution in [0.1, 0.15) is 35.6 Å². The van der Waals surface area contributed by atoms with Gasteiger partial charge in [-0.25, -0.2) is 0 Å². The van der Waals surface area contributed by atoms with Crippen molar-refractivity contribution in [2.75, 3.05) is 0 Å². The summed E-state index contributed by atoms with van der Waals surface area (Å²) < 4.78 is 10.6. The Kier molecular flexibility index (Phi) is 4.44. The third-order valence-corrected chi connectivity index (χ3v) is 3.07. The fourth-order valence-corrected chi connectivity index (χ4v) is 2.07. The van der Waals surface area contributed by atoms with Crippen LogP contribution in [0.3, 0.4) is 0 Å². The number of halogens is 1. The van der Waals surface area contributed by atoms with Crippen LogP contribution < -0.4 is 5.32 Å². The van der Waals surface area contributed by atoms with Gasteiger partial charge in [0.1, 0.15) is 18.1 Å². The predicted octanol–water partition coefficient (Wildman–Crippen LogP) is 2.88. The molecule has 0 bridgehead atoms. The molecule has 0 spiro atoms. The fourth-order valence-electron chi connectivity index (χ4n) is 1.73. The zero-order chi connectivity index (χ0) is 13.8. The Balaban J connectivity index is 1.87. The average molecular weight is 328 g/mol. The van der Waals surface area contributed by atoms with E-state index in [1.54, 1.807) is 18.2 Å². The number of carbonyl (C=O) groups is 1. The van der Waals surface area contributed by atoms with E-state index in [9.17, 15) is 9.90 Å². The molecule has 6 heteroatoms. The summed E-state index contributed by atoms with van der Waals surface area (Å²) in [7, 11) is 0. The Morgan fingerprint density at radius 1 is 1.53 bits per heavy atom. The summed E-state index contributed by atoms with van der Waals surface area (Å²) in [6, 6.07) is 4.81. The highest BCUT2D eigenvalue weighted by Crippen LogP contribution is 2.19. The summed E-state index contributed by atoms with van der Waals surface area (Å²) in [4.78, 5) is 11.8. The van der Waals surface area contributed by atoms with Crippen molar-refractivity contribution >= 4 is 21.8 Å². The molecule has 2 N–H and O–H groups in total. The smallest absolute Gasteiger partial charge is 0.254 e. The number of nitrogens with one attached hydrogen (secondary N) is 1. The van der Waals surface area contributed by atoms with Crippen molar-refractivity contribution in [3.05, 3.63) is 46.7 Å². The highest BCUT2D eigenvalue weighted by molar-refractivity contribution is 9.10. The molecule has 0 aliphatic rings. The molecule has 2 heterocycles. The maximum Gasteiger partial charge on any atom is 0.254 e. The second kappa shape index (κ2) is 6.08. The van der Waals surface area contributed by atoms with E-state index in [1.807, 2.05) is 6.92 Å². The van der Waals surface area contributed by atoms with Gasteiger partial charge in [0.2, 0.25) is 0 Å². The van der Waals surface area contributed by atoms with Gasteiger partial charge in [0.15, 0.2) is 4.67 Å². The average Bonchev–Trinajstić information content (AvgIpc) is 2.98. The molecule has 0 saturated carbocycles. The summed E-state index contributed by atoms with van der Waals surface area (Å²) in [5.41, 5.74) is 0.436. The Labute approximate surface area is 118 Å². The zero-order valence-corrected chi connectivity index (χ0v) is 11.9. The molecule has 102 valence electrons. The van der Waals surface area contributed by atoms with Gasteiger partial charge in [0, 0.05) is 18.5 Å². The van der Waals surface area contributed by atoms with E-state index in [0.29, 0.717) is 22.4 Å². The topological polar surface area (TPSA) is 75.6 Å². The van der Waals surface area contributed by atoms with E-state index in [1.165, 1.54) is 12.5 Å². The molecule has 0 aromatic carbocycles. The van der Waals surface area contributed by atoms with E-state index < -0.39 is 6.10 Å². The minimum absolute atomic E-state index is 0.193. The zero-order valence-electron chi connectivity index (χ0n) is 10.3. The minimum Gasteiger partial charge on any atom is -0.467 e. The van der Waals surface area contributed by atoms with E-state index in [2.05, 4.69) is 21.2 Å². The molecule has 2 aromatic rings. The lowest BCUT2D eigenvalue weighted by atomic mass is 10.1. The quantitative estimate of drug-likeness (QED) is 0.885. The Morgan fingerprint density at radius 3 is 2.89 bits per heavy atom. The first kappa shape index (κ1) is 13.9. The van der Waals surface area contributed by atoms with Gasteiger partial charge >= 0.3 is 0 Å². The van der Waals surface area contributed by atoms with Gasteiger partial charge in [-0.05, 0) is 35.0 Å². The first-order chi connectivity index (χ1) is 9.06. The Morgan fingerprint density at radius 2 is 2.32 bits per heavy atom. The van der Waals surface area contributed by atoms with Crippen LogP contribution in [-0.2, 0) is 0 Å². The lowest BCUT2D eigenvalue weighted by Crippen LogP contribution is -2.33. The number of amides is 1. The van der Waals surface area contributed by atoms with Crippen LogP contribution in [0.5, 0.6) is 0 Å². The van der Waals surface area contributed by atoms with Crippen molar-refractivity contribution in [1.82, 2.24) is 5.32 Å². The van der Waals surface area contributed by atoms with Crippen molar-refractivity contribution in [2.45, 2.75) is 25.5 Å². The van der Waals surface area contributed by atoms with E-state index in [0.717, 1.165) is 0 Å². The lowest BCUT2D eigenvalue weighted by molar-refractivity contribution is 0.0902. The molecule has 0 aliphatic heterocycles. The fraction of sp³-hybridized carbons (Fsp3) is 0.308. The number of rotatable bonds is 5. The van der Waals surface area contributed by atoms with E-state index >= 15 is 0 Å². The van der Waals surface area contributed by atoms with Crippen LogP contribution in [0.4, 0.5) is 0 Å². The molecular weight excluding hydrogens is 314 g/mol. The molecule has 2 rings (SSSR count). The monoisotopic (exact) mass is 327 g/mol. The van der Waals surface area contributed by atoms with Gasteiger partial charge in [0.25, 0.3) is 5.91 Å². The molecule has 19 heavy (non-hydrogen) atoms. The number of hydrogen-bond donors (Lipinski definition) is 2. The largest absolute Gasteiger partial charge is 0.467 e. The van der Waals surface area contributed by atoms with Crippen molar-refractivity contribution in [2.24, 2.45) is 0 Å². The SMILES string of the molecule is CC(CC(O)c1ccco1)NC(=O)c1coc(Br)c1. The summed E-state index contributed by atoms with van der Waals surface area (Å²) in [5.74, 6) is 0.251. The maximum absolute atomic E-state index is 11.8. The highest BCUT2D eigenvalue weighted by Gasteiger charge is 2.17. The molecule has 0 fully saturated rings. The maximum atomic E-state index is 11.8. The molecule has 2 atom stereocenters. The van der Waals surface area contributed by atoms with Gasteiger partial charge in [-0.15, -0.1) is 0 Å². The first-order valence-electron chi connectivity index (χ1n) is 5.82. The summed E-state index contributed by atoms with van der Waals surface area (Å²) >= 11 is 3.13. The predicted molar refractivity (Wildman–Crippen MR) is 71.6 cm³/mol. The molecule has 2 unspecified atom stereocenters. The molecule has 2 aromatic heterocycles. The molecule has 0 saturated heterocycles. The molecule has 0 aliphatic carbocycles. The van der Waals surface area contributed by atoms with Crippen LogP contribution >= 0.6 is 15.9 Å². The van der Waals surface area contributed by atoms with Crippen LogP contribution in [0.15, 0.2) is 44.2 Å². The molecule has 1 amide bonds. The number of furan rings is 2. The van der Waals surface area contributed by atoms with Gasteiger partial charge in [-0.3, -0.25) is 4.79 Å². The number of carbonyl (C=O) groups excluding carboxylic acids is 1. The van der Waals surface area contributed by atoms with Gasteiger partial charge < -0.3 is 19.3 Å². The van der Waals surface area contributed by atoms with E-state index in [-0.39, 0.29) is 11.9 Å². The number of aliphatic hydroxyl groups is 1. The standard InChI is InChI=1S/C13H14BrNO4/c1-8(5-10(16)11-3-2-4-18-11)15-13(17)9-6-12(14)19-7-9/h2-4,6-8,10,16H,5H2,1H3,(H,15,17). The number of aliphatic hydroxyl groups excluding tert-OH is 1. The Hall–Kier alpha value is -1.53. The van der Waals surface area contributed by atoms with Crippen molar-refractivity contribution in [1.29, 1.82) is 0 Å². The van der Waals surface area contributed by atoms with Crippen molar-refractivity contribution in [3.63, 3.8) is 0 Å². The first-order valence-corrected chi connectivity index (χ1v) is 6.62. The number of hydrogen-bond acceptors (Lipinski definition) is 4. The second-order valence-corrected chi connectivity index (χ2v) is 5.06. The third-order valence-electron chi connectivity index (χ3n) is 2.66. The van der Waals surface area contributed by atoms with Crippen LogP contribution in [0, 0.1) is 0 Å². The minimum atomic E-state index is -0.735. The molecule has 5 nitrogen and oxygen atoms in total. The summed E-state index contributed by atoms with van der Waals surface area (Å²) in [6.07, 6.45) is 2.51. The second-order valence-electron chi connectivity index (χ2n) is 4.28. The van der Waals surface area contributed by atoms with Crippen molar-refractivity contribution in [3.8, 4) is 0 Å². The van der Waals surface area contributed by atoms with Gasteiger partial charge in [0.05, 0.1) is 11.8 Å². The van der Waals surface area contributed by atoms with Crippen LogP contribution in [0.25, 0.3) is 0 Å². The molecular formula is C13H14BrNO4. The normalized spacial score (nSPS) is 14.1. The lowest BCUT2D eigenvalue weighted by Gasteiger charge is -2.16. The Bertz CT molecular complexity index is 535. The summed E-state index contributed by atoms with van der Waals surface area (Å²) in [6.45, 7) is 1.82. The van der Waals surface area contributed by atoms with E-state index in [4.69, 9.17) is 8.83 Å². The van der Waals surface area contributed by atoms with Crippen LogP contribution in [0.2, 0.25) is 0 Å². The third kappa shape index (κ3) is 3.71.